The molecule has 22 atom stereocenters. The van der Waals surface area contributed by atoms with E-state index in [1.54, 1.807) is 21.0 Å². The highest BCUT2D eigenvalue weighted by atomic mass is 16.5. The molecule has 16 heteroatoms. The summed E-state index contributed by atoms with van der Waals surface area (Å²) in [5.74, 6) is -4.67. The zero-order chi connectivity index (χ0) is 57.0. The first-order valence-electron chi connectivity index (χ1n) is 31.8. The summed E-state index contributed by atoms with van der Waals surface area (Å²) < 4.78 is 12.9. The quantitative estimate of drug-likeness (QED) is 0.0892. The number of nitrogens with two attached hydrogens (primary N) is 1. The SMILES string of the molecule is CCC[C@@H]1CC[C@H]2[C@H]3[C@@H](O[C@@H]2CC1)[C@@](O)([C@](C)(O)[C@H]1CC[C@@]2(O)C4=C(NC[C@H](C)O)C(=O)[C@@H]5[C@H]6CC[C@@H]7[C@@H](C8=C(CCCO)NC(N)C=C8)C=C[C@@](O)(C[C@]12C1CCC(CCOC)(CNC)CC1)[C@@H]4[C@]75C[C@H](O)[C@@H]6O)CCC[C@@H]3O. The minimum Gasteiger partial charge on any atom is -0.396 e. The van der Waals surface area contributed by atoms with E-state index in [1.165, 1.54) is 0 Å². The number of methoxy groups -OCH3 is 1. The summed E-state index contributed by atoms with van der Waals surface area (Å²) in [6.07, 6.45) is 15.2. The zero-order valence-corrected chi connectivity index (χ0v) is 48.8. The number of hydrogen-bond acceptors (Lipinski definition) is 16. The highest BCUT2D eigenvalue weighted by Crippen LogP contribution is 2.79. The van der Waals surface area contributed by atoms with Crippen molar-refractivity contribution >= 4 is 5.78 Å². The van der Waals surface area contributed by atoms with Crippen molar-refractivity contribution in [2.24, 2.45) is 81.2 Å². The van der Waals surface area contributed by atoms with Crippen molar-refractivity contribution in [3.8, 4) is 0 Å². The zero-order valence-electron chi connectivity index (χ0n) is 48.8. The highest BCUT2D eigenvalue weighted by Gasteiger charge is 2.82. The average Bonchev–Trinajstić information content (AvgIpc) is 2.80. The van der Waals surface area contributed by atoms with Crippen LogP contribution in [0.3, 0.4) is 0 Å². The molecule has 2 aliphatic heterocycles. The number of dihydropyridines is 1. The molecule has 1 unspecified atom stereocenters. The van der Waals surface area contributed by atoms with Crippen LogP contribution in [-0.4, -0.2) is 157 Å². The fourth-order valence-corrected chi connectivity index (χ4v) is 21.6. The van der Waals surface area contributed by atoms with Crippen molar-refractivity contribution < 1.29 is 60.2 Å². The molecule has 0 radical (unpaired) electrons. The van der Waals surface area contributed by atoms with E-state index >= 15 is 9.90 Å². The van der Waals surface area contributed by atoms with Gasteiger partial charge in [0.05, 0.1) is 65.3 Å². The molecule has 9 aliphatic carbocycles. The number of carbonyl (C=O) groups is 1. The molecular weight excluding hydrogens is 1020 g/mol. The van der Waals surface area contributed by atoms with Crippen LogP contribution in [0.1, 0.15) is 162 Å². The van der Waals surface area contributed by atoms with E-state index in [9.17, 15) is 40.9 Å². The van der Waals surface area contributed by atoms with Gasteiger partial charge in [0.1, 0.15) is 5.60 Å². The Labute approximate surface area is 475 Å². The fraction of sp³-hybridized carbons (Fsp3) is 0.859. The molecule has 8 fully saturated rings. The Hall–Kier alpha value is -2.29. The lowest BCUT2D eigenvalue weighted by molar-refractivity contribution is -0.283. The Morgan fingerprint density at radius 3 is 2.42 bits per heavy atom. The number of Topliss-reactive ketones (excluding diaryl/α,β-unsaturated/α-hetero) is 1. The van der Waals surface area contributed by atoms with Crippen LogP contribution in [0, 0.1) is 75.4 Å². The van der Waals surface area contributed by atoms with Gasteiger partial charge in [-0.05, 0) is 206 Å². The van der Waals surface area contributed by atoms with Gasteiger partial charge in [0.15, 0.2) is 5.78 Å². The molecule has 80 heavy (non-hydrogen) atoms. The number of aliphatic hydroxyl groups excluding tert-OH is 5. The van der Waals surface area contributed by atoms with Crippen LogP contribution in [0.4, 0.5) is 0 Å². The predicted octanol–water partition coefficient (Wildman–Crippen LogP) is 4.53. The first-order chi connectivity index (χ1) is 38.2. The molecule has 0 amide bonds. The fourth-order valence-electron chi connectivity index (χ4n) is 21.6. The molecule has 450 valence electrons. The van der Waals surface area contributed by atoms with Crippen LogP contribution in [0.2, 0.25) is 0 Å². The van der Waals surface area contributed by atoms with Crippen LogP contribution in [-0.2, 0) is 14.3 Å². The van der Waals surface area contributed by atoms with Gasteiger partial charge in [-0.3, -0.25) is 4.79 Å². The molecule has 11 rings (SSSR count). The maximum Gasteiger partial charge on any atom is 0.182 e. The van der Waals surface area contributed by atoms with Crippen molar-refractivity contribution in [1.82, 2.24) is 16.0 Å². The van der Waals surface area contributed by atoms with E-state index in [0.29, 0.717) is 69.5 Å². The van der Waals surface area contributed by atoms with Gasteiger partial charge in [-0.15, -0.1) is 0 Å². The molecule has 11 aliphatic rings. The van der Waals surface area contributed by atoms with E-state index in [4.69, 9.17) is 15.2 Å². The molecule has 2 heterocycles. The summed E-state index contributed by atoms with van der Waals surface area (Å²) in [6.45, 7) is 6.88. The van der Waals surface area contributed by atoms with E-state index in [2.05, 4.69) is 29.0 Å². The predicted molar refractivity (Wildman–Crippen MR) is 303 cm³/mol. The van der Waals surface area contributed by atoms with Gasteiger partial charge < -0.3 is 77.1 Å². The number of carbonyl (C=O) groups excluding carboxylic acids is 1. The smallest absolute Gasteiger partial charge is 0.182 e. The number of allylic oxidation sites excluding steroid dienone is 5. The number of rotatable bonds is 17. The summed E-state index contributed by atoms with van der Waals surface area (Å²) in [5, 5.41) is 127. The van der Waals surface area contributed by atoms with Crippen LogP contribution >= 0.6 is 0 Å². The van der Waals surface area contributed by atoms with Crippen LogP contribution in [0.25, 0.3) is 0 Å². The highest BCUT2D eigenvalue weighted by molar-refractivity contribution is 6.00. The first kappa shape index (κ1) is 59.4. The first-order valence-corrected chi connectivity index (χ1v) is 31.8. The Morgan fingerprint density at radius 2 is 1.71 bits per heavy atom. The number of hydrogen-bond donors (Lipinski definition) is 13. The van der Waals surface area contributed by atoms with Crippen LogP contribution in [0.15, 0.2) is 46.8 Å². The third-order valence-electron chi connectivity index (χ3n) is 24.8. The number of ketones is 1. The Kier molecular flexibility index (Phi) is 16.5. The lowest BCUT2D eigenvalue weighted by Gasteiger charge is -2.72. The summed E-state index contributed by atoms with van der Waals surface area (Å²) in [5.41, 5.74) is -1.51. The molecule has 0 aromatic heterocycles. The minimum atomic E-state index is -1.98. The van der Waals surface area contributed by atoms with Gasteiger partial charge >= 0.3 is 0 Å². The largest absolute Gasteiger partial charge is 0.396 e. The molecule has 0 aromatic carbocycles. The Balaban J connectivity index is 1.14. The molecule has 1 spiro atoms. The normalized spacial score (nSPS) is 48.9. The second kappa shape index (κ2) is 22.2. The van der Waals surface area contributed by atoms with E-state index in [-0.39, 0.29) is 86.0 Å². The number of fused-ring (bicyclic) bond motifs is 5. The molecule has 2 bridgehead atoms. The van der Waals surface area contributed by atoms with Crippen molar-refractivity contribution in [3.05, 3.63) is 46.8 Å². The second-order valence-electron chi connectivity index (χ2n) is 28.6. The van der Waals surface area contributed by atoms with Crippen molar-refractivity contribution in [2.75, 3.05) is 40.5 Å². The van der Waals surface area contributed by atoms with Crippen molar-refractivity contribution in [1.29, 1.82) is 0 Å². The minimum absolute atomic E-state index is 0.00622. The van der Waals surface area contributed by atoms with Gasteiger partial charge in [-0.2, -0.15) is 0 Å². The average molecular weight is 1120 g/mol. The molecule has 16 nitrogen and oxygen atoms in total. The third kappa shape index (κ3) is 9.00. The molecule has 7 saturated carbocycles. The lowest BCUT2D eigenvalue weighted by Crippen LogP contribution is -2.76. The van der Waals surface area contributed by atoms with Gasteiger partial charge in [0.25, 0.3) is 0 Å². The maximum absolute atomic E-state index is 16.5. The molecular formula is C64H102N4O12. The monoisotopic (exact) mass is 1120 g/mol. The topological polar surface area (TPSA) is 280 Å². The second-order valence-corrected chi connectivity index (χ2v) is 28.6. The van der Waals surface area contributed by atoms with Crippen molar-refractivity contribution in [3.63, 3.8) is 0 Å². The van der Waals surface area contributed by atoms with E-state index in [0.717, 1.165) is 75.6 Å². The Bertz CT molecular complexity index is 2400. The maximum atomic E-state index is 16.5. The molecule has 14 N–H and O–H groups in total. The van der Waals surface area contributed by atoms with E-state index < -0.39 is 105 Å². The van der Waals surface area contributed by atoms with E-state index in [1.807, 2.05) is 25.3 Å². The lowest BCUT2D eigenvalue weighted by atomic mass is 9.33. The standard InChI is InChI=1S/C64H102N4O12/c1-6-9-37-12-14-41-47(18-13-37)80-57-50(41)45(71)11-7-24-64(57,78)58(3,75)48-23-28-63(77)52-53(67-33-36(2)70)55(74)51-42-15-17-43-39(40-16-19-49(65)68-44(40)10-8-30-69)22-27-60(76,56(52)61(43,51)32-46(72)54(42)73)34-62(48,63)38-20-25-59(26-21-38,35-66-4)29-31-79-5/h16,19,22,27,36-39,41-43,45-51,54,56-57,66-73,75-78H,6-15,17-18,20-21,23-26,28-35,65H2,1-5H3/t36-,37+,38?,39+,41+,42+,43+,45-,46-,47+,48+,49?,50+,51-,54+,56+,57+,58+,59?,60+,61+,62-,63+,64+/m0/s1. The summed E-state index contributed by atoms with van der Waals surface area (Å²) in [7, 11) is 3.70. The summed E-state index contributed by atoms with van der Waals surface area (Å²) in [6, 6.07) is 0. The van der Waals surface area contributed by atoms with Gasteiger partial charge in [0, 0.05) is 68.2 Å². The summed E-state index contributed by atoms with van der Waals surface area (Å²) >= 11 is 0. The van der Waals surface area contributed by atoms with Gasteiger partial charge in [-0.1, -0.05) is 44.4 Å². The van der Waals surface area contributed by atoms with Gasteiger partial charge in [0.2, 0.25) is 0 Å². The number of aliphatic hydroxyl groups is 9. The van der Waals surface area contributed by atoms with Crippen molar-refractivity contribution in [2.45, 2.75) is 227 Å². The molecule has 1 saturated heterocycles. The third-order valence-corrected chi connectivity index (χ3v) is 24.8. The number of nitrogens with one attached hydrogen (secondary N) is 3. The molecule has 0 aromatic rings. The van der Waals surface area contributed by atoms with Gasteiger partial charge in [-0.25, -0.2) is 0 Å². The summed E-state index contributed by atoms with van der Waals surface area (Å²) in [4.78, 5) is 16.5. The Morgan fingerprint density at radius 1 is 0.963 bits per heavy atom. The van der Waals surface area contributed by atoms with Crippen LogP contribution in [0.5, 0.6) is 0 Å². The van der Waals surface area contributed by atoms with Crippen LogP contribution < -0.4 is 21.7 Å². The number of ether oxygens (including phenoxy) is 2.